The van der Waals surface area contributed by atoms with Crippen LogP contribution in [0.3, 0.4) is 0 Å². The van der Waals surface area contributed by atoms with E-state index in [9.17, 15) is 0 Å². The molecule has 4 aromatic rings. The van der Waals surface area contributed by atoms with Crippen molar-refractivity contribution >= 4 is 17.0 Å². The molecule has 0 N–H and O–H groups in total. The Hall–Kier alpha value is -1.66. The van der Waals surface area contributed by atoms with E-state index >= 15 is 0 Å². The summed E-state index contributed by atoms with van der Waals surface area (Å²) in [7, 11) is 9.87. The Labute approximate surface area is 235 Å². The van der Waals surface area contributed by atoms with Crippen LogP contribution in [-0.4, -0.2) is 0 Å². The summed E-state index contributed by atoms with van der Waals surface area (Å²) in [4.78, 5) is 0. The van der Waals surface area contributed by atoms with Crippen LogP contribution in [0.4, 0.5) is 0 Å². The predicted octanol–water partition coefficient (Wildman–Crippen LogP) is 10.4. The Kier molecular flexibility index (Phi) is 8.36. The molecule has 5 rings (SSSR count). The summed E-state index contributed by atoms with van der Waals surface area (Å²) in [6, 6.07) is 32.8. The maximum absolute atomic E-state index is 4.93. The number of halogens is 2. The van der Waals surface area contributed by atoms with E-state index in [1.807, 2.05) is 0 Å². The molecule has 0 aromatic heterocycles. The van der Waals surface area contributed by atoms with E-state index in [1.54, 1.807) is 0 Å². The second-order valence-corrected chi connectivity index (χ2v) is 15.2. The zero-order valence-electron chi connectivity index (χ0n) is 22.0. The molecule has 36 heavy (non-hydrogen) atoms. The molecule has 0 aliphatic heterocycles. The fourth-order valence-corrected chi connectivity index (χ4v) is 5.10. The molecule has 1 aliphatic rings. The third-order valence-electron chi connectivity index (χ3n) is 6.82. The second-order valence-electron chi connectivity index (χ2n) is 11.5. The van der Waals surface area contributed by atoms with Gasteiger partial charge in [-0.25, -0.2) is 0 Å². The van der Waals surface area contributed by atoms with Gasteiger partial charge in [0.1, 0.15) is 0 Å². The maximum atomic E-state index is 4.93. The summed E-state index contributed by atoms with van der Waals surface area (Å²) in [5.41, 5.74) is 13.5. The number of hydrogen-bond donors (Lipinski definition) is 0. The van der Waals surface area contributed by atoms with Crippen molar-refractivity contribution in [2.24, 2.45) is 0 Å². The summed E-state index contributed by atoms with van der Waals surface area (Å²) in [5, 5.41) is 0. The van der Waals surface area contributed by atoms with Crippen LogP contribution < -0.4 is 0 Å². The summed E-state index contributed by atoms with van der Waals surface area (Å²) >= 11 is -0.826. The normalized spacial score (nSPS) is 12.3. The van der Waals surface area contributed by atoms with E-state index in [4.69, 9.17) is 17.0 Å². The second kappa shape index (κ2) is 11.0. The van der Waals surface area contributed by atoms with Crippen LogP contribution in [0.25, 0.3) is 33.4 Å². The topological polar surface area (TPSA) is 0 Å². The molecule has 0 unspecified atom stereocenters. The fraction of sp³-hybridized carbons (Fsp3) is 0.273. The molecule has 1 aliphatic carbocycles. The molecule has 0 saturated carbocycles. The van der Waals surface area contributed by atoms with Gasteiger partial charge in [0.05, 0.1) is 0 Å². The van der Waals surface area contributed by atoms with Crippen LogP contribution in [0.2, 0.25) is 0 Å². The third kappa shape index (κ3) is 5.75. The number of hydrogen-bond acceptors (Lipinski definition) is 0. The van der Waals surface area contributed by atoms with Gasteiger partial charge in [0.15, 0.2) is 0 Å². The Morgan fingerprint density at radius 1 is 0.639 bits per heavy atom. The molecule has 0 atom stereocenters. The first-order chi connectivity index (χ1) is 17.0. The third-order valence-corrected chi connectivity index (χ3v) is 6.82. The Balaban J connectivity index is 0.000000967. The van der Waals surface area contributed by atoms with E-state index in [0.717, 1.165) is 6.42 Å². The molecule has 0 radical (unpaired) electrons. The zero-order chi connectivity index (χ0) is 26.1. The fourth-order valence-electron chi connectivity index (χ4n) is 5.10. The summed E-state index contributed by atoms with van der Waals surface area (Å²) in [6.07, 6.45) is 0.944. The van der Waals surface area contributed by atoms with Crippen LogP contribution in [0.15, 0.2) is 78.9 Å². The quantitative estimate of drug-likeness (QED) is 0.179. The molecule has 0 amide bonds. The summed E-state index contributed by atoms with van der Waals surface area (Å²) in [6.45, 7) is 13.9. The average Bonchev–Trinajstić information content (AvgIpc) is 3.20. The van der Waals surface area contributed by atoms with Crippen LogP contribution >= 0.6 is 17.0 Å². The standard InChI is InChI=1S/C33H33.2ClH.Zr/c1-32(2,3)30-20-26-24(18-28(30)22-13-9-7-10-14-22)17-25-19-29(23-15-11-8-12-16-23)31(21-27(25)26)33(4,5)6;;;/h7-16,18,20-21H,17H2,1-6H3;2*1H;/q-1;;;+2/p-2. The summed E-state index contributed by atoms with van der Waals surface area (Å²) in [5.74, 6) is 0. The predicted molar refractivity (Wildman–Crippen MR) is 153 cm³/mol. The first-order valence-corrected chi connectivity index (χ1v) is 18.7. The molecule has 0 fully saturated rings. The van der Waals surface area contributed by atoms with Crippen molar-refractivity contribution in [3.63, 3.8) is 0 Å². The SMILES string of the molecule is CC(C)(C)c1cc2c([c-]c1-c1ccccc1)Cc1cc(-c3ccccc3)c(C(C)(C)C)cc1-2.[Cl][Zr][Cl]. The average molecular weight is 592 g/mol. The number of fused-ring (bicyclic) bond motifs is 3. The number of benzene rings is 4. The van der Waals surface area contributed by atoms with Crippen LogP contribution in [0.1, 0.15) is 63.8 Å². The molecular formula is C33H33Cl2Zr-. The molecule has 0 nitrogen and oxygen atoms in total. The van der Waals surface area contributed by atoms with Crippen molar-refractivity contribution < 1.29 is 20.8 Å². The van der Waals surface area contributed by atoms with Gasteiger partial charge in [-0.2, -0.15) is 0 Å². The van der Waals surface area contributed by atoms with E-state index in [1.165, 1.54) is 55.6 Å². The van der Waals surface area contributed by atoms with Crippen molar-refractivity contribution in [3.05, 3.63) is 107 Å². The van der Waals surface area contributed by atoms with Gasteiger partial charge in [-0.1, -0.05) is 131 Å². The Morgan fingerprint density at radius 3 is 1.67 bits per heavy atom. The van der Waals surface area contributed by atoms with Crippen LogP contribution in [0.5, 0.6) is 0 Å². The van der Waals surface area contributed by atoms with Crippen molar-refractivity contribution in [1.29, 1.82) is 0 Å². The molecule has 0 saturated heterocycles. The van der Waals surface area contributed by atoms with Gasteiger partial charge in [0, 0.05) is 0 Å². The molecule has 0 bridgehead atoms. The van der Waals surface area contributed by atoms with Gasteiger partial charge in [-0.05, 0) is 39.5 Å². The summed E-state index contributed by atoms with van der Waals surface area (Å²) < 4.78 is 0. The van der Waals surface area contributed by atoms with E-state index in [0.29, 0.717) is 0 Å². The van der Waals surface area contributed by atoms with E-state index < -0.39 is 20.8 Å². The van der Waals surface area contributed by atoms with E-state index in [2.05, 4.69) is 126 Å². The van der Waals surface area contributed by atoms with Gasteiger partial charge < -0.3 is 0 Å². The Morgan fingerprint density at radius 2 is 1.14 bits per heavy atom. The molecule has 4 aromatic carbocycles. The van der Waals surface area contributed by atoms with Crippen molar-refractivity contribution in [3.8, 4) is 33.4 Å². The minimum atomic E-state index is -0.826. The van der Waals surface area contributed by atoms with Crippen LogP contribution in [-0.2, 0) is 38.1 Å². The minimum absolute atomic E-state index is 0.0380. The van der Waals surface area contributed by atoms with Gasteiger partial charge in [-0.15, -0.1) is 28.8 Å². The zero-order valence-corrected chi connectivity index (χ0v) is 25.9. The molecule has 0 heterocycles. The van der Waals surface area contributed by atoms with Crippen molar-refractivity contribution in [2.75, 3.05) is 0 Å². The monoisotopic (exact) mass is 589 g/mol. The van der Waals surface area contributed by atoms with Crippen LogP contribution in [0, 0.1) is 6.07 Å². The van der Waals surface area contributed by atoms with E-state index in [-0.39, 0.29) is 10.8 Å². The molecule has 3 heteroatoms. The molecule has 0 spiro atoms. The van der Waals surface area contributed by atoms with Gasteiger partial charge in [-0.3, -0.25) is 0 Å². The van der Waals surface area contributed by atoms with Crippen molar-refractivity contribution in [1.82, 2.24) is 0 Å². The Bertz CT molecular complexity index is 1240. The van der Waals surface area contributed by atoms with Gasteiger partial charge >= 0.3 is 37.9 Å². The first kappa shape index (κ1) is 27.4. The number of rotatable bonds is 2. The van der Waals surface area contributed by atoms with Gasteiger partial charge in [0.25, 0.3) is 0 Å². The van der Waals surface area contributed by atoms with Gasteiger partial charge in [0.2, 0.25) is 0 Å². The molecule has 184 valence electrons. The first-order valence-electron chi connectivity index (χ1n) is 12.4. The van der Waals surface area contributed by atoms with Crippen molar-refractivity contribution in [2.45, 2.75) is 58.8 Å². The molecular weight excluding hydrogens is 558 g/mol.